The van der Waals surface area contributed by atoms with Crippen LogP contribution in [0.4, 0.5) is 11.4 Å². The average molecular weight is 293 g/mol. The Kier molecular flexibility index (Phi) is 2.76. The zero-order valence-corrected chi connectivity index (χ0v) is 12.1. The summed E-state index contributed by atoms with van der Waals surface area (Å²) in [7, 11) is 1.86. The first kappa shape index (κ1) is 13.0. The van der Waals surface area contributed by atoms with Crippen LogP contribution < -0.4 is 9.80 Å². The molecule has 0 saturated carbocycles. The zero-order valence-electron chi connectivity index (χ0n) is 12.1. The average Bonchev–Trinajstić information content (AvgIpc) is 2.80. The Hall–Kier alpha value is -2.69. The maximum Gasteiger partial charge on any atom is 0.257 e. The van der Waals surface area contributed by atoms with Crippen LogP contribution in [0, 0.1) is 5.92 Å². The molecule has 0 aliphatic carbocycles. The predicted molar refractivity (Wildman–Crippen MR) is 82.6 cm³/mol. The van der Waals surface area contributed by atoms with Gasteiger partial charge in [-0.2, -0.15) is 0 Å². The van der Waals surface area contributed by atoms with Crippen molar-refractivity contribution < 1.29 is 9.59 Å². The van der Waals surface area contributed by atoms with Crippen LogP contribution in [0.1, 0.15) is 5.69 Å². The van der Waals surface area contributed by atoms with Crippen LogP contribution in [-0.4, -0.2) is 29.9 Å². The summed E-state index contributed by atoms with van der Waals surface area (Å²) in [5, 5.41) is 0. The van der Waals surface area contributed by atoms with Crippen molar-refractivity contribution in [1.82, 2.24) is 4.98 Å². The zero-order chi connectivity index (χ0) is 15.3. The molecule has 0 spiro atoms. The molecule has 5 nitrogen and oxygen atoms in total. The van der Waals surface area contributed by atoms with E-state index in [9.17, 15) is 9.59 Å². The minimum absolute atomic E-state index is 0.135. The van der Waals surface area contributed by atoms with Crippen molar-refractivity contribution in [3.8, 4) is 0 Å². The molecule has 1 aromatic heterocycles. The normalized spacial score (nSPS) is 23.5. The summed E-state index contributed by atoms with van der Waals surface area (Å²) in [5.74, 6) is -0.650. The second-order valence-corrected chi connectivity index (χ2v) is 5.68. The molecule has 2 aromatic rings. The van der Waals surface area contributed by atoms with Crippen molar-refractivity contribution in [1.29, 1.82) is 0 Å². The summed E-state index contributed by atoms with van der Waals surface area (Å²) < 4.78 is 0. The van der Waals surface area contributed by atoms with Gasteiger partial charge in [0.15, 0.2) is 0 Å². The fourth-order valence-corrected chi connectivity index (χ4v) is 3.45. The topological polar surface area (TPSA) is 53.5 Å². The van der Waals surface area contributed by atoms with Gasteiger partial charge in [0.2, 0.25) is 5.91 Å². The molecule has 2 atom stereocenters. The molecule has 22 heavy (non-hydrogen) atoms. The summed E-state index contributed by atoms with van der Waals surface area (Å²) in [6.07, 6.45) is 2.24. The minimum Gasteiger partial charge on any atom is -0.360 e. The van der Waals surface area contributed by atoms with Crippen LogP contribution in [0.15, 0.2) is 48.7 Å². The largest absolute Gasteiger partial charge is 0.360 e. The molecule has 0 unspecified atom stereocenters. The summed E-state index contributed by atoms with van der Waals surface area (Å²) in [4.78, 5) is 33.1. The number of fused-ring (bicyclic) bond motifs is 2. The van der Waals surface area contributed by atoms with E-state index in [0.717, 1.165) is 11.4 Å². The van der Waals surface area contributed by atoms with Crippen LogP contribution in [0.2, 0.25) is 0 Å². The van der Waals surface area contributed by atoms with Crippen LogP contribution in [0.5, 0.6) is 0 Å². The number of benzene rings is 1. The molecule has 3 heterocycles. The van der Waals surface area contributed by atoms with Gasteiger partial charge in [0.25, 0.3) is 5.91 Å². The van der Waals surface area contributed by atoms with Gasteiger partial charge in [-0.1, -0.05) is 18.2 Å². The fourth-order valence-electron chi connectivity index (χ4n) is 3.45. The number of pyridine rings is 1. The van der Waals surface area contributed by atoms with E-state index < -0.39 is 6.04 Å². The number of aromatic nitrogens is 1. The molecule has 2 aliphatic heterocycles. The molecule has 2 aliphatic rings. The minimum atomic E-state index is -0.440. The Bertz CT molecular complexity index is 760. The number of imide groups is 1. The first-order chi connectivity index (χ1) is 10.7. The lowest BCUT2D eigenvalue weighted by molar-refractivity contribution is -0.122. The maximum absolute atomic E-state index is 12.8. The molecule has 1 fully saturated rings. The smallest absolute Gasteiger partial charge is 0.257 e. The number of carbonyl (C=O) groups excluding carboxylic acids is 2. The molecule has 0 bridgehead atoms. The van der Waals surface area contributed by atoms with E-state index in [2.05, 4.69) is 4.98 Å². The van der Waals surface area contributed by atoms with E-state index in [1.165, 1.54) is 4.90 Å². The Morgan fingerprint density at radius 1 is 1.05 bits per heavy atom. The van der Waals surface area contributed by atoms with Gasteiger partial charge in [-0.3, -0.25) is 14.6 Å². The highest BCUT2D eigenvalue weighted by atomic mass is 16.2. The van der Waals surface area contributed by atoms with Gasteiger partial charge in [-0.05, 0) is 24.3 Å². The highest BCUT2D eigenvalue weighted by Crippen LogP contribution is 2.38. The highest BCUT2D eigenvalue weighted by Gasteiger charge is 2.52. The number of hydrogen-bond acceptors (Lipinski definition) is 4. The third-order valence-corrected chi connectivity index (χ3v) is 4.48. The van der Waals surface area contributed by atoms with Crippen molar-refractivity contribution in [2.75, 3.05) is 16.8 Å². The molecular weight excluding hydrogens is 278 g/mol. The predicted octanol–water partition coefficient (Wildman–Crippen LogP) is 1.63. The molecule has 0 radical (unpaired) electrons. The Morgan fingerprint density at radius 2 is 1.82 bits per heavy atom. The third kappa shape index (κ3) is 1.68. The molecule has 0 N–H and O–H groups in total. The first-order valence-electron chi connectivity index (χ1n) is 7.28. The molecule has 2 amide bonds. The third-order valence-electron chi connectivity index (χ3n) is 4.48. The van der Waals surface area contributed by atoms with Crippen molar-refractivity contribution in [3.63, 3.8) is 0 Å². The van der Waals surface area contributed by atoms with E-state index in [-0.39, 0.29) is 17.7 Å². The second kappa shape index (κ2) is 4.66. The first-order valence-corrected chi connectivity index (χ1v) is 7.28. The molecule has 110 valence electrons. The van der Waals surface area contributed by atoms with Gasteiger partial charge in [0, 0.05) is 19.7 Å². The lowest BCUT2D eigenvalue weighted by Gasteiger charge is -2.34. The summed E-state index contributed by atoms with van der Waals surface area (Å²) in [6.45, 7) is 0. The standard InChI is InChI=1S/C17H15N3O2/c1-19-14-8-5-9-18-13(14)10-12-15(19)17(22)20(16(12)21)11-6-3-2-4-7-11/h2-9,12,15H,10H2,1H3/t12-,15+/m1/s1. The van der Waals surface area contributed by atoms with E-state index in [1.54, 1.807) is 18.3 Å². The summed E-state index contributed by atoms with van der Waals surface area (Å²) in [5.41, 5.74) is 2.44. The maximum atomic E-state index is 12.8. The summed E-state index contributed by atoms with van der Waals surface area (Å²) in [6, 6.07) is 12.5. The summed E-state index contributed by atoms with van der Waals surface area (Å²) >= 11 is 0. The molecule has 1 aromatic carbocycles. The number of carbonyl (C=O) groups is 2. The van der Waals surface area contributed by atoms with Gasteiger partial charge in [0.1, 0.15) is 6.04 Å². The number of nitrogens with zero attached hydrogens (tertiary/aromatic N) is 3. The second-order valence-electron chi connectivity index (χ2n) is 5.68. The molecule has 5 heteroatoms. The fraction of sp³-hybridized carbons (Fsp3) is 0.235. The van der Waals surface area contributed by atoms with Gasteiger partial charge in [-0.15, -0.1) is 0 Å². The van der Waals surface area contributed by atoms with Crippen LogP contribution in [0.25, 0.3) is 0 Å². The van der Waals surface area contributed by atoms with Gasteiger partial charge in [-0.25, -0.2) is 4.90 Å². The van der Waals surface area contributed by atoms with Crippen LogP contribution in [-0.2, 0) is 16.0 Å². The monoisotopic (exact) mass is 293 g/mol. The SMILES string of the molecule is CN1c2cccnc2C[C@H]2C(=O)N(c3ccccc3)C(=O)[C@H]21. The van der Waals surface area contributed by atoms with E-state index in [1.807, 2.05) is 42.3 Å². The van der Waals surface area contributed by atoms with E-state index >= 15 is 0 Å². The van der Waals surface area contributed by atoms with Gasteiger partial charge < -0.3 is 4.90 Å². The molecule has 1 saturated heterocycles. The molecule has 4 rings (SSSR count). The number of rotatable bonds is 1. The lowest BCUT2D eigenvalue weighted by atomic mass is 9.90. The van der Waals surface area contributed by atoms with Gasteiger partial charge in [0.05, 0.1) is 23.0 Å². The van der Waals surface area contributed by atoms with Crippen molar-refractivity contribution in [2.24, 2.45) is 5.92 Å². The van der Waals surface area contributed by atoms with Crippen molar-refractivity contribution >= 4 is 23.2 Å². The Balaban J connectivity index is 1.78. The number of anilines is 2. The number of amides is 2. The van der Waals surface area contributed by atoms with Crippen LogP contribution in [0.3, 0.4) is 0 Å². The van der Waals surface area contributed by atoms with Crippen molar-refractivity contribution in [2.45, 2.75) is 12.5 Å². The van der Waals surface area contributed by atoms with Gasteiger partial charge >= 0.3 is 0 Å². The van der Waals surface area contributed by atoms with E-state index in [4.69, 9.17) is 0 Å². The Morgan fingerprint density at radius 3 is 2.59 bits per heavy atom. The van der Waals surface area contributed by atoms with Crippen molar-refractivity contribution in [3.05, 3.63) is 54.4 Å². The molecular formula is C17H15N3O2. The van der Waals surface area contributed by atoms with Crippen LogP contribution >= 0.6 is 0 Å². The Labute approximate surface area is 128 Å². The van der Waals surface area contributed by atoms with E-state index in [0.29, 0.717) is 12.1 Å². The number of para-hydroxylation sites is 1. The highest BCUT2D eigenvalue weighted by molar-refractivity contribution is 6.24. The number of hydrogen-bond donors (Lipinski definition) is 0. The quantitative estimate of drug-likeness (QED) is 0.750. The number of likely N-dealkylation sites (N-methyl/N-ethyl adjacent to an activating group) is 1. The lowest BCUT2D eigenvalue weighted by Crippen LogP contribution is -2.46.